The van der Waals surface area contributed by atoms with Crippen LogP contribution in [0.1, 0.15) is 13.8 Å². The van der Waals surface area contributed by atoms with Gasteiger partial charge >= 0.3 is 0 Å². The van der Waals surface area contributed by atoms with Crippen LogP contribution in [-0.4, -0.2) is 6.21 Å². The Morgan fingerprint density at radius 1 is 0.640 bits per heavy atom. The van der Waals surface area contributed by atoms with Crippen molar-refractivity contribution in [3.8, 4) is 0 Å². The number of benzene rings is 3. The molecule has 0 N–H and O–H groups in total. The monoisotopic (exact) mass is 346 g/mol. The molecule has 126 valence electrons. The van der Waals surface area contributed by atoms with E-state index in [4.69, 9.17) is 4.85 Å². The van der Waals surface area contributed by atoms with Gasteiger partial charge in [-0.05, 0) is 5.92 Å². The van der Waals surface area contributed by atoms with Gasteiger partial charge in [-0.25, -0.2) is 0 Å². The largest absolute Gasteiger partial charge is 0.164 e. The number of rotatable bonds is 5. The second kappa shape index (κ2) is 8.09. The van der Waals surface area contributed by atoms with Gasteiger partial charge < -0.3 is 0 Å². The van der Waals surface area contributed by atoms with E-state index in [0.29, 0.717) is 5.92 Å². The highest BCUT2D eigenvalue weighted by atomic mass is 31.2. The lowest BCUT2D eigenvalue weighted by Crippen LogP contribution is -2.25. The lowest BCUT2D eigenvalue weighted by atomic mass is 10.3. The first kappa shape index (κ1) is 17.4. The molecule has 0 aliphatic carbocycles. The Morgan fingerprint density at radius 3 is 1.32 bits per heavy atom. The van der Waals surface area contributed by atoms with E-state index in [9.17, 15) is 0 Å². The lowest BCUT2D eigenvalue weighted by Gasteiger charge is -2.25. The first-order chi connectivity index (χ1) is 12.2. The van der Waals surface area contributed by atoms with Crippen LogP contribution in [0.2, 0.25) is 0 Å². The van der Waals surface area contributed by atoms with Crippen LogP contribution in [-0.2, 0) is 0 Å². The lowest BCUT2D eigenvalue weighted by molar-refractivity contribution is 0.901. The highest BCUT2D eigenvalue weighted by Gasteiger charge is 2.27. The van der Waals surface area contributed by atoms with Crippen molar-refractivity contribution in [2.24, 2.45) is 15.9 Å². The Balaban J connectivity index is 2.36. The molecule has 0 saturated carbocycles. The van der Waals surface area contributed by atoms with E-state index in [1.165, 1.54) is 15.9 Å². The van der Waals surface area contributed by atoms with Gasteiger partial charge in [0.15, 0.2) is 0 Å². The van der Waals surface area contributed by atoms with Crippen molar-refractivity contribution in [3.05, 3.63) is 91.0 Å². The second-order valence-corrected chi connectivity index (χ2v) is 9.24. The molecule has 0 aliphatic rings. The number of hydrogen-bond acceptors (Lipinski definition) is 1. The van der Waals surface area contributed by atoms with E-state index in [2.05, 4.69) is 91.7 Å². The highest BCUT2D eigenvalue weighted by molar-refractivity contribution is 7.87. The summed E-state index contributed by atoms with van der Waals surface area (Å²) in [6.07, 6.45) is 1.92. The summed E-state index contributed by atoms with van der Waals surface area (Å²) in [7, 11) is -2.18. The molecule has 0 amide bonds. The molecule has 3 aromatic carbocycles. The third-order valence-electron chi connectivity index (χ3n) is 3.94. The van der Waals surface area contributed by atoms with Gasteiger partial charge in [0.1, 0.15) is 0 Å². The predicted octanol–water partition coefficient (Wildman–Crippen LogP) is 4.81. The van der Waals surface area contributed by atoms with E-state index < -0.39 is 7.05 Å². The summed E-state index contributed by atoms with van der Waals surface area (Å²) in [5.74, 6) is 0.368. The van der Waals surface area contributed by atoms with Gasteiger partial charge in [0.2, 0.25) is 0 Å². The third kappa shape index (κ3) is 3.81. The number of hydrogen-bond donors (Lipinski definition) is 0. The first-order valence-corrected chi connectivity index (χ1v) is 10.3. The zero-order valence-electron chi connectivity index (χ0n) is 14.7. The summed E-state index contributed by atoms with van der Waals surface area (Å²) in [6.45, 7) is 4.24. The van der Waals surface area contributed by atoms with E-state index in [1.54, 1.807) is 0 Å². The minimum atomic E-state index is -2.18. The number of nitrogens with zero attached hydrogens (tertiary/aromatic N) is 2. The molecule has 0 saturated heterocycles. The van der Waals surface area contributed by atoms with E-state index in [0.717, 1.165) is 0 Å². The summed E-state index contributed by atoms with van der Waals surface area (Å²) in [4.78, 5) is 4.99. The van der Waals surface area contributed by atoms with Crippen molar-refractivity contribution in [2.75, 3.05) is 0 Å². The van der Waals surface area contributed by atoms with Crippen molar-refractivity contribution < 1.29 is 0 Å². The molecule has 0 fully saturated rings. The van der Waals surface area contributed by atoms with Crippen molar-refractivity contribution in [1.29, 1.82) is 0 Å². The molecule has 3 rings (SSSR count). The van der Waals surface area contributed by atoms with Gasteiger partial charge in [0, 0.05) is 22.1 Å². The maximum Gasteiger partial charge on any atom is 0.0836 e. The van der Waals surface area contributed by atoms with Crippen molar-refractivity contribution in [1.82, 2.24) is 0 Å². The van der Waals surface area contributed by atoms with Crippen molar-refractivity contribution in [3.63, 3.8) is 0 Å². The van der Waals surface area contributed by atoms with E-state index >= 15 is 0 Å². The van der Waals surface area contributed by atoms with Gasteiger partial charge in [-0.1, -0.05) is 105 Å². The Morgan fingerprint density at radius 2 is 1.00 bits per heavy atom. The third-order valence-corrected chi connectivity index (χ3v) is 7.45. The topological polar surface area (TPSA) is 24.7 Å². The Bertz CT molecular complexity index is 766. The Kier molecular flexibility index (Phi) is 5.63. The molecule has 3 heteroatoms. The summed E-state index contributed by atoms with van der Waals surface area (Å²) >= 11 is 0. The van der Waals surface area contributed by atoms with Gasteiger partial charge in [-0.3, -0.25) is 0 Å². The van der Waals surface area contributed by atoms with Crippen LogP contribution in [0, 0.1) is 5.92 Å². The first-order valence-electron chi connectivity index (χ1n) is 8.55. The second-order valence-electron chi connectivity index (χ2n) is 6.24. The smallest absolute Gasteiger partial charge is 0.0836 e. The molecule has 2 nitrogen and oxygen atoms in total. The van der Waals surface area contributed by atoms with Crippen LogP contribution < -0.4 is 15.9 Å². The summed E-state index contributed by atoms with van der Waals surface area (Å²) in [6, 6.07) is 31.6. The quantitative estimate of drug-likeness (QED) is 0.360. The maximum absolute atomic E-state index is 4.99. The van der Waals surface area contributed by atoms with Crippen LogP contribution in [0.25, 0.3) is 0 Å². The molecule has 0 spiro atoms. The predicted molar refractivity (Wildman–Crippen MR) is 111 cm³/mol. The molecule has 0 aromatic heterocycles. The maximum atomic E-state index is 4.99. The molecule has 25 heavy (non-hydrogen) atoms. The fourth-order valence-electron chi connectivity index (χ4n) is 2.77. The summed E-state index contributed by atoms with van der Waals surface area (Å²) < 4.78 is 0. The molecule has 0 atom stereocenters. The molecule has 0 aliphatic heterocycles. The van der Waals surface area contributed by atoms with Crippen molar-refractivity contribution >= 4 is 29.2 Å². The summed E-state index contributed by atoms with van der Waals surface area (Å²) in [5, 5.41) is 8.17. The van der Waals surface area contributed by atoms with Crippen LogP contribution >= 0.6 is 7.05 Å². The minimum absolute atomic E-state index is 0.368. The fraction of sp³-hybridized carbons (Fsp3) is 0.136. The average Bonchev–Trinajstić information content (AvgIpc) is 2.67. The van der Waals surface area contributed by atoms with Crippen LogP contribution in [0.5, 0.6) is 0 Å². The molecule has 0 heterocycles. The van der Waals surface area contributed by atoms with Gasteiger partial charge in [-0.2, -0.15) is 9.96 Å². The SMILES string of the molecule is CC(C)/C=N/N=P(c1ccccc1)(c1ccccc1)c1ccccc1. The van der Waals surface area contributed by atoms with E-state index in [1.807, 2.05) is 24.4 Å². The van der Waals surface area contributed by atoms with Gasteiger partial charge in [0.05, 0.1) is 7.05 Å². The molecule has 0 radical (unpaired) electrons. The van der Waals surface area contributed by atoms with Crippen LogP contribution in [0.15, 0.2) is 101 Å². The zero-order chi connectivity index (χ0) is 17.5. The van der Waals surface area contributed by atoms with Crippen LogP contribution in [0.3, 0.4) is 0 Å². The van der Waals surface area contributed by atoms with E-state index in [-0.39, 0.29) is 0 Å². The minimum Gasteiger partial charge on any atom is -0.164 e. The normalized spacial score (nSPS) is 11.8. The van der Waals surface area contributed by atoms with Crippen LogP contribution in [0.4, 0.5) is 0 Å². The molecular weight excluding hydrogens is 323 g/mol. The average molecular weight is 346 g/mol. The summed E-state index contributed by atoms with van der Waals surface area (Å²) in [5.41, 5.74) is 0. The Labute approximate surface area is 150 Å². The standard InChI is InChI=1S/C22H23N2P/c1-19(2)18-23-24-25(20-12-6-3-7-13-20,21-14-8-4-9-15-21)22-16-10-5-11-17-22/h3-19H,1-2H3/b23-18+. The van der Waals surface area contributed by atoms with Gasteiger partial charge in [-0.15, -0.1) is 0 Å². The molecule has 0 unspecified atom stereocenters. The van der Waals surface area contributed by atoms with Gasteiger partial charge in [0.25, 0.3) is 0 Å². The zero-order valence-corrected chi connectivity index (χ0v) is 15.6. The fourth-order valence-corrected chi connectivity index (χ4v) is 6.00. The Hall–Kier alpha value is -2.44. The highest BCUT2D eigenvalue weighted by Crippen LogP contribution is 2.46. The molecular formula is C22H23N2P. The molecule has 0 bridgehead atoms. The molecule has 3 aromatic rings. The van der Waals surface area contributed by atoms with Crippen molar-refractivity contribution in [2.45, 2.75) is 13.8 Å².